The van der Waals surface area contributed by atoms with Crippen LogP contribution in [0.25, 0.3) is 11.3 Å². The Hall–Kier alpha value is -2.80. The quantitative estimate of drug-likeness (QED) is 0.593. The summed E-state index contributed by atoms with van der Waals surface area (Å²) in [6.07, 6.45) is 0. The molecule has 0 spiro atoms. The smallest absolute Gasteiger partial charge is 0.338 e. The van der Waals surface area contributed by atoms with Gasteiger partial charge in [0.25, 0.3) is 0 Å². The van der Waals surface area contributed by atoms with Gasteiger partial charge in [-0.3, -0.25) is 0 Å². The molecule has 0 saturated carbocycles. The van der Waals surface area contributed by atoms with Crippen molar-refractivity contribution in [3.05, 3.63) is 64.3 Å². The number of ether oxygens (including phenoxy) is 3. The standard InChI is InChI=1S/C19H14BrNO5/c20-14-4-1-12(2-5-14)19(22)25-11-15-10-17(26-21-15)13-3-6-16-18(9-13)24-8-7-23-16/h1-6,9-10H,7-8,11H2. The molecule has 0 unspecified atom stereocenters. The van der Waals surface area contributed by atoms with Crippen molar-refractivity contribution in [3.63, 3.8) is 0 Å². The lowest BCUT2D eigenvalue weighted by molar-refractivity contribution is 0.0464. The number of nitrogens with zero attached hydrogens (tertiary/aromatic N) is 1. The van der Waals surface area contributed by atoms with Gasteiger partial charge >= 0.3 is 5.97 Å². The van der Waals surface area contributed by atoms with Gasteiger partial charge in [-0.05, 0) is 42.5 Å². The summed E-state index contributed by atoms with van der Waals surface area (Å²) >= 11 is 3.33. The molecule has 2 heterocycles. The van der Waals surface area contributed by atoms with Crippen LogP contribution in [0.5, 0.6) is 11.5 Å². The number of hydrogen-bond donors (Lipinski definition) is 0. The highest BCUT2D eigenvalue weighted by molar-refractivity contribution is 9.10. The van der Waals surface area contributed by atoms with E-state index in [1.807, 2.05) is 18.2 Å². The Morgan fingerprint density at radius 2 is 1.81 bits per heavy atom. The number of fused-ring (bicyclic) bond motifs is 1. The van der Waals surface area contributed by atoms with Gasteiger partial charge in [0.2, 0.25) is 0 Å². The molecule has 132 valence electrons. The third-order valence-electron chi connectivity index (χ3n) is 3.82. The molecule has 3 aromatic rings. The van der Waals surface area contributed by atoms with Gasteiger partial charge in [0.1, 0.15) is 25.5 Å². The van der Waals surface area contributed by atoms with E-state index in [4.69, 9.17) is 18.7 Å². The highest BCUT2D eigenvalue weighted by Crippen LogP contribution is 2.34. The third kappa shape index (κ3) is 3.57. The average Bonchev–Trinajstić information content (AvgIpc) is 3.15. The van der Waals surface area contributed by atoms with E-state index in [0.29, 0.717) is 41.7 Å². The highest BCUT2D eigenvalue weighted by atomic mass is 79.9. The van der Waals surface area contributed by atoms with E-state index in [1.54, 1.807) is 30.3 Å². The van der Waals surface area contributed by atoms with Crippen molar-refractivity contribution in [1.29, 1.82) is 0 Å². The van der Waals surface area contributed by atoms with Gasteiger partial charge in [0, 0.05) is 16.1 Å². The maximum atomic E-state index is 12.0. The minimum Gasteiger partial charge on any atom is -0.486 e. The number of aromatic nitrogens is 1. The second kappa shape index (κ2) is 7.21. The Kier molecular flexibility index (Phi) is 4.62. The molecule has 0 fully saturated rings. The lowest BCUT2D eigenvalue weighted by atomic mass is 10.1. The first-order valence-electron chi connectivity index (χ1n) is 7.97. The molecule has 0 aliphatic carbocycles. The summed E-state index contributed by atoms with van der Waals surface area (Å²) in [7, 11) is 0. The molecule has 0 bridgehead atoms. The number of halogens is 1. The van der Waals surface area contributed by atoms with Crippen LogP contribution in [0.2, 0.25) is 0 Å². The first-order chi connectivity index (χ1) is 12.7. The molecule has 0 amide bonds. The molecule has 1 aliphatic heterocycles. The summed E-state index contributed by atoms with van der Waals surface area (Å²) in [5.74, 6) is 1.54. The molecule has 0 radical (unpaired) electrons. The fourth-order valence-corrected chi connectivity index (χ4v) is 2.79. The van der Waals surface area contributed by atoms with Gasteiger partial charge in [0.15, 0.2) is 17.3 Å². The largest absolute Gasteiger partial charge is 0.486 e. The van der Waals surface area contributed by atoms with Crippen LogP contribution in [0.1, 0.15) is 16.1 Å². The minimum absolute atomic E-state index is 0.0307. The van der Waals surface area contributed by atoms with Crippen LogP contribution in [0.15, 0.2) is 57.5 Å². The van der Waals surface area contributed by atoms with Crippen LogP contribution in [-0.2, 0) is 11.3 Å². The van der Waals surface area contributed by atoms with Crippen molar-refractivity contribution in [2.75, 3.05) is 13.2 Å². The Balaban J connectivity index is 1.43. The number of carbonyl (C=O) groups excluding carboxylic acids is 1. The third-order valence-corrected chi connectivity index (χ3v) is 4.35. The summed E-state index contributed by atoms with van der Waals surface area (Å²) in [6.45, 7) is 1.09. The van der Waals surface area contributed by atoms with Gasteiger partial charge in [-0.25, -0.2) is 4.79 Å². The Morgan fingerprint density at radius 3 is 2.62 bits per heavy atom. The Morgan fingerprint density at radius 1 is 1.04 bits per heavy atom. The van der Waals surface area contributed by atoms with Crippen LogP contribution >= 0.6 is 15.9 Å². The molecule has 1 aliphatic rings. The van der Waals surface area contributed by atoms with Crippen molar-refractivity contribution in [3.8, 4) is 22.8 Å². The fourth-order valence-electron chi connectivity index (χ4n) is 2.52. The van der Waals surface area contributed by atoms with E-state index in [0.717, 1.165) is 10.0 Å². The van der Waals surface area contributed by atoms with E-state index in [9.17, 15) is 4.79 Å². The molecule has 26 heavy (non-hydrogen) atoms. The van der Waals surface area contributed by atoms with Gasteiger partial charge in [-0.15, -0.1) is 0 Å². The van der Waals surface area contributed by atoms with Gasteiger partial charge < -0.3 is 18.7 Å². The molecular formula is C19H14BrNO5. The normalized spacial score (nSPS) is 12.7. The second-order valence-corrected chi connectivity index (χ2v) is 6.54. The molecule has 1 aromatic heterocycles. The summed E-state index contributed by atoms with van der Waals surface area (Å²) in [4.78, 5) is 12.0. The molecule has 7 heteroatoms. The van der Waals surface area contributed by atoms with E-state index in [1.165, 1.54) is 0 Å². The zero-order valence-corrected chi connectivity index (χ0v) is 15.2. The molecule has 4 rings (SSSR count). The first kappa shape index (κ1) is 16.7. The SMILES string of the molecule is O=C(OCc1cc(-c2ccc3c(c2)OCCO3)on1)c1ccc(Br)cc1. The molecule has 2 aromatic carbocycles. The summed E-state index contributed by atoms with van der Waals surface area (Å²) in [5, 5.41) is 3.95. The van der Waals surface area contributed by atoms with E-state index in [-0.39, 0.29) is 6.61 Å². The molecular weight excluding hydrogens is 402 g/mol. The lowest BCUT2D eigenvalue weighted by Gasteiger charge is -2.18. The van der Waals surface area contributed by atoms with Crippen molar-refractivity contribution >= 4 is 21.9 Å². The molecule has 6 nitrogen and oxygen atoms in total. The number of benzene rings is 2. The first-order valence-corrected chi connectivity index (χ1v) is 8.77. The average molecular weight is 416 g/mol. The predicted octanol–water partition coefficient (Wildman–Crippen LogP) is 4.23. The van der Waals surface area contributed by atoms with Gasteiger partial charge in [-0.2, -0.15) is 0 Å². The maximum Gasteiger partial charge on any atom is 0.338 e. The summed E-state index contributed by atoms with van der Waals surface area (Å²) < 4.78 is 22.6. The fraction of sp³-hybridized carbons (Fsp3) is 0.158. The molecule has 0 atom stereocenters. The predicted molar refractivity (Wildman–Crippen MR) is 96.2 cm³/mol. The number of carbonyl (C=O) groups is 1. The lowest BCUT2D eigenvalue weighted by Crippen LogP contribution is -2.15. The molecule has 0 N–H and O–H groups in total. The minimum atomic E-state index is -0.415. The van der Waals surface area contributed by atoms with Crippen molar-refractivity contribution in [2.45, 2.75) is 6.61 Å². The Bertz CT molecular complexity index is 935. The monoisotopic (exact) mass is 415 g/mol. The maximum absolute atomic E-state index is 12.0. The van der Waals surface area contributed by atoms with E-state index < -0.39 is 5.97 Å². The number of esters is 1. The summed E-state index contributed by atoms with van der Waals surface area (Å²) in [6, 6.07) is 14.2. The van der Waals surface area contributed by atoms with Crippen LogP contribution < -0.4 is 9.47 Å². The zero-order valence-electron chi connectivity index (χ0n) is 13.6. The topological polar surface area (TPSA) is 70.8 Å². The van der Waals surface area contributed by atoms with E-state index >= 15 is 0 Å². The Labute approximate surface area is 157 Å². The van der Waals surface area contributed by atoms with Gasteiger partial charge in [0.05, 0.1) is 5.56 Å². The van der Waals surface area contributed by atoms with E-state index in [2.05, 4.69) is 21.1 Å². The second-order valence-electron chi connectivity index (χ2n) is 5.62. The number of hydrogen-bond acceptors (Lipinski definition) is 6. The number of rotatable bonds is 4. The van der Waals surface area contributed by atoms with Crippen LogP contribution in [0.3, 0.4) is 0 Å². The van der Waals surface area contributed by atoms with Crippen molar-refractivity contribution in [1.82, 2.24) is 5.16 Å². The van der Waals surface area contributed by atoms with Crippen LogP contribution in [-0.4, -0.2) is 24.3 Å². The summed E-state index contributed by atoms with van der Waals surface area (Å²) in [5.41, 5.74) is 1.82. The zero-order chi connectivity index (χ0) is 17.9. The van der Waals surface area contributed by atoms with Crippen LogP contribution in [0, 0.1) is 0 Å². The van der Waals surface area contributed by atoms with Crippen molar-refractivity contribution in [2.24, 2.45) is 0 Å². The van der Waals surface area contributed by atoms with Gasteiger partial charge in [-0.1, -0.05) is 21.1 Å². The van der Waals surface area contributed by atoms with Crippen molar-refractivity contribution < 1.29 is 23.5 Å². The highest BCUT2D eigenvalue weighted by Gasteiger charge is 2.15. The molecule has 0 saturated heterocycles. The van der Waals surface area contributed by atoms with Crippen LogP contribution in [0.4, 0.5) is 0 Å².